The molecule has 3 heteroatoms. The van der Waals surface area contributed by atoms with E-state index in [1.165, 1.54) is 11.1 Å². The summed E-state index contributed by atoms with van der Waals surface area (Å²) in [5.74, 6) is -0.137. The van der Waals surface area contributed by atoms with E-state index in [0.717, 1.165) is 23.5 Å². The van der Waals surface area contributed by atoms with Crippen LogP contribution in [0.4, 0.5) is 5.69 Å². The van der Waals surface area contributed by atoms with Gasteiger partial charge < -0.3 is 9.47 Å². The summed E-state index contributed by atoms with van der Waals surface area (Å²) in [4.78, 5) is 15.0. The highest BCUT2D eigenvalue weighted by Gasteiger charge is 2.38. The topological polar surface area (TPSA) is 25.2 Å². The number of amides is 1. The van der Waals surface area contributed by atoms with Gasteiger partial charge in [0, 0.05) is 30.7 Å². The maximum Gasteiger partial charge on any atom is 0.240 e. The van der Waals surface area contributed by atoms with E-state index in [-0.39, 0.29) is 11.8 Å². The zero-order valence-electron chi connectivity index (χ0n) is 14.9. The smallest absolute Gasteiger partial charge is 0.240 e. The summed E-state index contributed by atoms with van der Waals surface area (Å²) in [5.41, 5.74) is 5.58. The lowest BCUT2D eigenvalue weighted by atomic mass is 9.97. The van der Waals surface area contributed by atoms with E-state index in [4.69, 9.17) is 0 Å². The van der Waals surface area contributed by atoms with Crippen molar-refractivity contribution >= 4 is 11.6 Å². The first kappa shape index (κ1) is 16.4. The number of fused-ring (bicyclic) bond motifs is 1. The molecule has 0 aliphatic carbocycles. The minimum absolute atomic E-state index is 0.120. The van der Waals surface area contributed by atoms with Crippen molar-refractivity contribution in [2.45, 2.75) is 19.4 Å². The molecule has 1 aliphatic rings. The Kier molecular flexibility index (Phi) is 4.21. The molecular formula is C23H22N2O. The molecule has 0 N–H and O–H groups in total. The number of anilines is 1. The molecular weight excluding hydrogens is 320 g/mol. The molecule has 1 aliphatic heterocycles. The Hall–Kier alpha value is -3.07. The van der Waals surface area contributed by atoms with Crippen LogP contribution in [-0.2, 0) is 11.3 Å². The molecule has 130 valence electrons. The Morgan fingerprint density at radius 3 is 2.58 bits per heavy atom. The standard InChI is InChI=1S/C23H22N2O/c1-3-14-25-20-8-5-4-7-19(20)22(23(25)26)21-9-6-15-24(21)16-18-12-10-17(2)11-13-18/h3-13,15,22H,1,14,16H2,2H3. The average Bonchev–Trinajstić information content (AvgIpc) is 3.20. The predicted octanol–water partition coefficient (Wildman–Crippen LogP) is 4.51. The van der Waals surface area contributed by atoms with Gasteiger partial charge in [-0.15, -0.1) is 6.58 Å². The van der Waals surface area contributed by atoms with Crippen LogP contribution in [0, 0.1) is 6.92 Å². The summed E-state index contributed by atoms with van der Waals surface area (Å²) in [6, 6.07) is 20.7. The Balaban J connectivity index is 1.72. The lowest BCUT2D eigenvalue weighted by Crippen LogP contribution is -2.29. The summed E-state index contributed by atoms with van der Waals surface area (Å²) in [6.07, 6.45) is 3.84. The quantitative estimate of drug-likeness (QED) is 0.626. The third kappa shape index (κ3) is 2.76. The molecule has 1 atom stereocenters. The number of hydrogen-bond acceptors (Lipinski definition) is 1. The molecule has 0 saturated heterocycles. The SMILES string of the molecule is C=CCN1C(=O)C(c2cccn2Cc2ccc(C)cc2)c2ccccc21. The van der Waals surface area contributed by atoms with Crippen LogP contribution in [0.25, 0.3) is 0 Å². The highest BCUT2D eigenvalue weighted by Crippen LogP contribution is 2.41. The summed E-state index contributed by atoms with van der Waals surface area (Å²) in [7, 11) is 0. The third-order valence-electron chi connectivity index (χ3n) is 5.00. The van der Waals surface area contributed by atoms with E-state index in [2.05, 4.69) is 60.7 Å². The second-order valence-corrected chi connectivity index (χ2v) is 6.78. The van der Waals surface area contributed by atoms with Gasteiger partial charge in [-0.05, 0) is 36.2 Å². The maximum absolute atomic E-state index is 13.2. The first-order chi connectivity index (χ1) is 12.7. The van der Waals surface area contributed by atoms with E-state index in [0.29, 0.717) is 6.54 Å². The fourth-order valence-corrected chi connectivity index (χ4v) is 3.71. The van der Waals surface area contributed by atoms with Gasteiger partial charge >= 0.3 is 0 Å². The summed E-state index contributed by atoms with van der Waals surface area (Å²) >= 11 is 0. The van der Waals surface area contributed by atoms with Gasteiger partial charge in [-0.25, -0.2) is 0 Å². The number of rotatable bonds is 5. The van der Waals surface area contributed by atoms with Gasteiger partial charge in [0.25, 0.3) is 0 Å². The van der Waals surface area contributed by atoms with Gasteiger partial charge in [-0.2, -0.15) is 0 Å². The number of carbonyl (C=O) groups excluding carboxylic acids is 1. The molecule has 2 heterocycles. The van der Waals surface area contributed by atoms with Crippen molar-refractivity contribution in [3.05, 3.63) is 102 Å². The number of carbonyl (C=O) groups is 1. The van der Waals surface area contributed by atoms with E-state index in [1.807, 2.05) is 29.2 Å². The normalized spacial score (nSPS) is 16.0. The molecule has 1 unspecified atom stereocenters. The highest BCUT2D eigenvalue weighted by atomic mass is 16.2. The summed E-state index contributed by atoms with van der Waals surface area (Å²) < 4.78 is 2.18. The molecule has 0 saturated carbocycles. The van der Waals surface area contributed by atoms with Gasteiger partial charge in [0.2, 0.25) is 5.91 Å². The van der Waals surface area contributed by atoms with Crippen molar-refractivity contribution in [3.63, 3.8) is 0 Å². The molecule has 2 aromatic carbocycles. The molecule has 0 radical (unpaired) electrons. The fourth-order valence-electron chi connectivity index (χ4n) is 3.71. The van der Waals surface area contributed by atoms with Crippen LogP contribution < -0.4 is 4.90 Å². The van der Waals surface area contributed by atoms with Gasteiger partial charge in [0.15, 0.2) is 0 Å². The Bertz CT molecular complexity index is 952. The minimum Gasteiger partial charge on any atom is -0.346 e. The van der Waals surface area contributed by atoms with Gasteiger partial charge in [-0.3, -0.25) is 4.79 Å². The second-order valence-electron chi connectivity index (χ2n) is 6.78. The summed E-state index contributed by atoms with van der Waals surface area (Å²) in [6.45, 7) is 7.18. The van der Waals surface area contributed by atoms with Crippen LogP contribution in [0.2, 0.25) is 0 Å². The van der Waals surface area contributed by atoms with Crippen LogP contribution >= 0.6 is 0 Å². The van der Waals surface area contributed by atoms with E-state index in [9.17, 15) is 4.79 Å². The number of para-hydroxylation sites is 1. The van der Waals surface area contributed by atoms with E-state index >= 15 is 0 Å². The lowest BCUT2D eigenvalue weighted by Gasteiger charge is -2.17. The van der Waals surface area contributed by atoms with Crippen molar-refractivity contribution in [2.75, 3.05) is 11.4 Å². The predicted molar refractivity (Wildman–Crippen MR) is 106 cm³/mol. The van der Waals surface area contributed by atoms with Crippen LogP contribution in [0.3, 0.4) is 0 Å². The number of nitrogens with zero attached hydrogens (tertiary/aromatic N) is 2. The average molecular weight is 342 g/mol. The Morgan fingerprint density at radius 2 is 1.81 bits per heavy atom. The first-order valence-electron chi connectivity index (χ1n) is 8.91. The molecule has 3 aromatic rings. The molecule has 4 rings (SSSR count). The third-order valence-corrected chi connectivity index (χ3v) is 5.00. The van der Waals surface area contributed by atoms with Crippen molar-refractivity contribution < 1.29 is 4.79 Å². The number of aryl methyl sites for hydroxylation is 1. The molecule has 0 fully saturated rings. The van der Waals surface area contributed by atoms with Crippen LogP contribution in [0.1, 0.15) is 28.3 Å². The largest absolute Gasteiger partial charge is 0.346 e. The minimum atomic E-state index is -0.258. The van der Waals surface area contributed by atoms with Crippen LogP contribution in [0.15, 0.2) is 79.5 Å². The number of hydrogen-bond donors (Lipinski definition) is 0. The van der Waals surface area contributed by atoms with Crippen molar-refractivity contribution in [1.82, 2.24) is 4.57 Å². The molecule has 1 aromatic heterocycles. The molecule has 1 amide bonds. The molecule has 3 nitrogen and oxygen atoms in total. The zero-order chi connectivity index (χ0) is 18.1. The van der Waals surface area contributed by atoms with Crippen molar-refractivity contribution in [1.29, 1.82) is 0 Å². The molecule has 26 heavy (non-hydrogen) atoms. The fraction of sp³-hybridized carbons (Fsp3) is 0.174. The lowest BCUT2D eigenvalue weighted by molar-refractivity contribution is -0.118. The van der Waals surface area contributed by atoms with E-state index in [1.54, 1.807) is 6.08 Å². The Labute approximate surface area is 154 Å². The maximum atomic E-state index is 13.2. The highest BCUT2D eigenvalue weighted by molar-refractivity contribution is 6.06. The monoisotopic (exact) mass is 342 g/mol. The van der Waals surface area contributed by atoms with Gasteiger partial charge in [-0.1, -0.05) is 54.1 Å². The zero-order valence-corrected chi connectivity index (χ0v) is 14.9. The van der Waals surface area contributed by atoms with Gasteiger partial charge in [0.1, 0.15) is 5.92 Å². The molecule has 0 bridgehead atoms. The summed E-state index contributed by atoms with van der Waals surface area (Å²) in [5, 5.41) is 0. The van der Waals surface area contributed by atoms with Crippen molar-refractivity contribution in [3.8, 4) is 0 Å². The first-order valence-corrected chi connectivity index (χ1v) is 8.91. The number of aromatic nitrogens is 1. The Morgan fingerprint density at radius 1 is 1.04 bits per heavy atom. The van der Waals surface area contributed by atoms with E-state index < -0.39 is 0 Å². The van der Waals surface area contributed by atoms with Crippen molar-refractivity contribution in [2.24, 2.45) is 0 Å². The second kappa shape index (κ2) is 6.68. The molecule has 0 spiro atoms. The van der Waals surface area contributed by atoms with Crippen LogP contribution in [-0.4, -0.2) is 17.0 Å². The van der Waals surface area contributed by atoms with Crippen LogP contribution in [0.5, 0.6) is 0 Å². The van der Waals surface area contributed by atoms with Gasteiger partial charge in [0.05, 0.1) is 0 Å². The number of benzene rings is 2.